The molecule has 1 heterocycles. The first-order valence-electron chi connectivity index (χ1n) is 4.24. The van der Waals surface area contributed by atoms with Crippen LogP contribution in [0.25, 0.3) is 0 Å². The van der Waals surface area contributed by atoms with Gasteiger partial charge >= 0.3 is 6.03 Å². The first-order chi connectivity index (χ1) is 6.72. The molecule has 1 aromatic carbocycles. The highest BCUT2D eigenvalue weighted by Crippen LogP contribution is 2.25. The molecule has 3 nitrogen and oxygen atoms in total. The van der Waals surface area contributed by atoms with E-state index < -0.39 is 6.03 Å². The quantitative estimate of drug-likeness (QED) is 0.578. The number of hydrogen-bond acceptors (Lipinski definition) is 1. The van der Waals surface area contributed by atoms with Crippen molar-refractivity contribution < 1.29 is 9.18 Å². The molecule has 0 spiro atoms. The third-order valence-electron chi connectivity index (χ3n) is 2.33. The lowest BCUT2D eigenvalue weighted by Gasteiger charge is -2.10. The zero-order valence-electron chi connectivity index (χ0n) is 7.53. The lowest BCUT2D eigenvalue weighted by molar-refractivity contribution is 0.209. The van der Waals surface area contributed by atoms with Crippen molar-refractivity contribution in [2.75, 3.05) is 0 Å². The van der Waals surface area contributed by atoms with Gasteiger partial charge in [0.25, 0.3) is 0 Å². The number of urea groups is 1. The summed E-state index contributed by atoms with van der Waals surface area (Å²) in [5.41, 5.74) is 1.44. The van der Waals surface area contributed by atoms with Crippen LogP contribution in [0.3, 0.4) is 0 Å². The molecule has 0 unspecified atom stereocenters. The summed E-state index contributed by atoms with van der Waals surface area (Å²) in [7, 11) is 0. The standard InChI is InChI=1S/C10H9FN2O/c1-12-10(14)13-5-7-3-2-4-9(11)8(7)6-13/h2-4H,1,5-6H2. The van der Waals surface area contributed by atoms with Crippen molar-refractivity contribution in [3.63, 3.8) is 0 Å². The van der Waals surface area contributed by atoms with E-state index in [-0.39, 0.29) is 5.82 Å². The van der Waals surface area contributed by atoms with Gasteiger partial charge < -0.3 is 4.90 Å². The number of benzene rings is 1. The summed E-state index contributed by atoms with van der Waals surface area (Å²) >= 11 is 0. The SMILES string of the molecule is C=NC(=O)N1Cc2cccc(F)c2C1. The van der Waals surface area contributed by atoms with Crippen LogP contribution in [0.2, 0.25) is 0 Å². The van der Waals surface area contributed by atoms with Gasteiger partial charge in [-0.2, -0.15) is 0 Å². The van der Waals surface area contributed by atoms with E-state index in [2.05, 4.69) is 11.7 Å². The molecule has 0 fully saturated rings. The zero-order chi connectivity index (χ0) is 10.1. The van der Waals surface area contributed by atoms with Crippen molar-refractivity contribution in [1.82, 2.24) is 4.90 Å². The molecule has 0 N–H and O–H groups in total. The molecule has 0 radical (unpaired) electrons. The van der Waals surface area contributed by atoms with E-state index in [0.717, 1.165) is 5.56 Å². The molecular weight excluding hydrogens is 183 g/mol. The van der Waals surface area contributed by atoms with E-state index in [0.29, 0.717) is 18.7 Å². The van der Waals surface area contributed by atoms with Crippen LogP contribution in [0.15, 0.2) is 23.2 Å². The van der Waals surface area contributed by atoms with E-state index in [1.54, 1.807) is 6.07 Å². The van der Waals surface area contributed by atoms with Crippen molar-refractivity contribution in [1.29, 1.82) is 0 Å². The summed E-state index contributed by atoms with van der Waals surface area (Å²) in [5.74, 6) is -0.262. The van der Waals surface area contributed by atoms with Gasteiger partial charge in [-0.15, -0.1) is 0 Å². The number of halogens is 1. The number of hydrogen-bond donors (Lipinski definition) is 0. The fraction of sp³-hybridized carbons (Fsp3) is 0.200. The summed E-state index contributed by atoms with van der Waals surface area (Å²) in [4.78, 5) is 15.9. The Morgan fingerprint density at radius 2 is 2.29 bits per heavy atom. The summed E-state index contributed by atoms with van der Waals surface area (Å²) in [6.45, 7) is 3.87. The van der Waals surface area contributed by atoms with Crippen molar-refractivity contribution in [2.45, 2.75) is 13.1 Å². The van der Waals surface area contributed by atoms with Crippen molar-refractivity contribution in [3.05, 3.63) is 35.1 Å². The fourth-order valence-corrected chi connectivity index (χ4v) is 1.62. The van der Waals surface area contributed by atoms with Crippen LogP contribution in [0.4, 0.5) is 9.18 Å². The number of rotatable bonds is 0. The van der Waals surface area contributed by atoms with Gasteiger partial charge in [-0.05, 0) is 18.3 Å². The average molecular weight is 192 g/mol. The summed E-state index contributed by atoms with van der Waals surface area (Å²) in [6, 6.07) is 4.45. The normalized spacial score (nSPS) is 13.9. The molecule has 0 bridgehead atoms. The second-order valence-electron chi connectivity index (χ2n) is 3.17. The van der Waals surface area contributed by atoms with E-state index in [1.807, 2.05) is 6.07 Å². The highest BCUT2D eigenvalue weighted by atomic mass is 19.1. The van der Waals surface area contributed by atoms with Crippen LogP contribution >= 0.6 is 0 Å². The summed E-state index contributed by atoms with van der Waals surface area (Å²) < 4.78 is 13.2. The monoisotopic (exact) mass is 192 g/mol. The molecular formula is C10H9FN2O. The average Bonchev–Trinajstić information content (AvgIpc) is 2.62. The van der Waals surface area contributed by atoms with Crippen molar-refractivity contribution in [2.24, 2.45) is 4.99 Å². The molecule has 4 heteroatoms. The van der Waals surface area contributed by atoms with Gasteiger partial charge in [0.05, 0.1) is 6.54 Å². The first-order valence-corrected chi connectivity index (χ1v) is 4.24. The molecule has 1 aliphatic rings. The number of aliphatic imine (C=N–C) groups is 1. The van der Waals surface area contributed by atoms with Crippen molar-refractivity contribution in [3.8, 4) is 0 Å². The van der Waals surface area contributed by atoms with Crippen LogP contribution < -0.4 is 0 Å². The molecule has 72 valence electrons. The first kappa shape index (κ1) is 8.87. The Balaban J connectivity index is 2.30. The van der Waals surface area contributed by atoms with Gasteiger partial charge in [0, 0.05) is 12.1 Å². The third kappa shape index (κ3) is 1.28. The second-order valence-corrected chi connectivity index (χ2v) is 3.17. The van der Waals surface area contributed by atoms with Gasteiger partial charge in [-0.3, -0.25) is 0 Å². The van der Waals surface area contributed by atoms with E-state index in [4.69, 9.17) is 0 Å². The molecule has 14 heavy (non-hydrogen) atoms. The van der Waals surface area contributed by atoms with Crippen molar-refractivity contribution >= 4 is 12.7 Å². The molecule has 1 aromatic rings. The molecule has 0 saturated heterocycles. The minimum atomic E-state index is -0.402. The maximum absolute atomic E-state index is 13.2. The topological polar surface area (TPSA) is 32.7 Å². The van der Waals surface area contributed by atoms with Gasteiger partial charge in [-0.1, -0.05) is 12.1 Å². The van der Waals surface area contributed by atoms with Gasteiger partial charge in [-0.25, -0.2) is 14.2 Å². The van der Waals surface area contributed by atoms with Crippen LogP contribution in [-0.4, -0.2) is 17.6 Å². The van der Waals surface area contributed by atoms with Crippen LogP contribution in [0.5, 0.6) is 0 Å². The minimum Gasteiger partial charge on any atom is -0.314 e. The summed E-state index contributed by atoms with van der Waals surface area (Å²) in [6.07, 6.45) is 0. The number of carbonyl (C=O) groups is 1. The van der Waals surface area contributed by atoms with E-state index in [1.165, 1.54) is 11.0 Å². The smallest absolute Gasteiger partial charge is 0.314 e. The Morgan fingerprint density at radius 3 is 2.93 bits per heavy atom. The lowest BCUT2D eigenvalue weighted by atomic mass is 10.1. The summed E-state index contributed by atoms with van der Waals surface area (Å²) in [5, 5.41) is 0. The Hall–Kier alpha value is -1.71. The highest BCUT2D eigenvalue weighted by molar-refractivity contribution is 5.79. The number of amides is 2. The van der Waals surface area contributed by atoms with Gasteiger partial charge in [0.1, 0.15) is 5.82 Å². The molecule has 0 saturated carbocycles. The molecule has 0 aliphatic carbocycles. The Morgan fingerprint density at radius 1 is 1.50 bits per heavy atom. The largest absolute Gasteiger partial charge is 0.343 e. The Labute approximate surface area is 80.9 Å². The number of nitrogens with zero attached hydrogens (tertiary/aromatic N) is 2. The van der Waals surface area contributed by atoms with Gasteiger partial charge in [0.2, 0.25) is 0 Å². The molecule has 2 rings (SSSR count). The van der Waals surface area contributed by atoms with E-state index >= 15 is 0 Å². The van der Waals surface area contributed by atoms with Crippen LogP contribution in [0, 0.1) is 5.82 Å². The Bertz CT molecular complexity index is 403. The minimum absolute atomic E-state index is 0.262. The fourth-order valence-electron chi connectivity index (χ4n) is 1.62. The number of fused-ring (bicyclic) bond motifs is 1. The molecule has 0 aromatic heterocycles. The van der Waals surface area contributed by atoms with Crippen LogP contribution in [-0.2, 0) is 13.1 Å². The predicted molar refractivity (Wildman–Crippen MR) is 50.6 cm³/mol. The van der Waals surface area contributed by atoms with Crippen LogP contribution in [0.1, 0.15) is 11.1 Å². The predicted octanol–water partition coefficient (Wildman–Crippen LogP) is 1.96. The highest BCUT2D eigenvalue weighted by Gasteiger charge is 2.24. The number of carbonyl (C=O) groups excluding carboxylic acids is 1. The maximum Gasteiger partial charge on any atom is 0.343 e. The zero-order valence-corrected chi connectivity index (χ0v) is 7.53. The second kappa shape index (κ2) is 3.21. The molecule has 2 amide bonds. The molecule has 1 aliphatic heterocycles. The van der Waals surface area contributed by atoms with E-state index in [9.17, 15) is 9.18 Å². The molecule has 0 atom stereocenters. The Kier molecular flexibility index (Phi) is 2.04. The maximum atomic E-state index is 13.2. The lowest BCUT2D eigenvalue weighted by Crippen LogP contribution is -2.21. The van der Waals surface area contributed by atoms with Gasteiger partial charge in [0.15, 0.2) is 0 Å². The third-order valence-corrected chi connectivity index (χ3v) is 2.33.